The van der Waals surface area contributed by atoms with E-state index in [1.807, 2.05) is 31.2 Å². The van der Waals surface area contributed by atoms with Crippen LogP contribution >= 0.6 is 11.6 Å². The predicted octanol–water partition coefficient (Wildman–Crippen LogP) is 3.51. The molecule has 3 rings (SSSR count). The first-order valence-corrected chi connectivity index (χ1v) is 8.42. The van der Waals surface area contributed by atoms with Crippen LogP contribution in [-0.2, 0) is 9.59 Å². The fourth-order valence-electron chi connectivity index (χ4n) is 3.05. The summed E-state index contributed by atoms with van der Waals surface area (Å²) in [6, 6.07) is 14.2. The summed E-state index contributed by atoms with van der Waals surface area (Å²) in [5, 5.41) is 0.613. The number of para-hydroxylation sites is 2. The van der Waals surface area contributed by atoms with Crippen LogP contribution in [0.3, 0.4) is 0 Å². The lowest BCUT2D eigenvalue weighted by Gasteiger charge is -2.40. The van der Waals surface area contributed by atoms with Gasteiger partial charge in [0.25, 0.3) is 5.91 Å². The molecule has 0 saturated heterocycles. The van der Waals surface area contributed by atoms with Gasteiger partial charge in [-0.15, -0.1) is 0 Å². The van der Waals surface area contributed by atoms with Gasteiger partial charge in [0.05, 0.1) is 17.4 Å². The monoisotopic (exact) mass is 358 g/mol. The highest BCUT2D eigenvalue weighted by Crippen LogP contribution is 2.35. The number of carbonyl (C=O) groups is 2. The quantitative estimate of drug-likeness (QED) is 0.843. The molecule has 0 aromatic heterocycles. The van der Waals surface area contributed by atoms with Crippen LogP contribution in [0.25, 0.3) is 0 Å². The van der Waals surface area contributed by atoms with Crippen molar-refractivity contribution < 1.29 is 14.3 Å². The van der Waals surface area contributed by atoms with Crippen LogP contribution in [-0.4, -0.2) is 31.0 Å². The third-order valence-electron chi connectivity index (χ3n) is 4.14. The summed E-state index contributed by atoms with van der Waals surface area (Å²) in [4.78, 5) is 28.1. The first-order chi connectivity index (χ1) is 12.0. The van der Waals surface area contributed by atoms with E-state index in [0.717, 1.165) is 11.4 Å². The second kappa shape index (κ2) is 7.15. The number of ether oxygens (including phenoxy) is 1. The molecule has 2 aromatic carbocycles. The van der Waals surface area contributed by atoms with Crippen LogP contribution in [0.4, 0.5) is 11.4 Å². The van der Waals surface area contributed by atoms with Gasteiger partial charge in [-0.05, 0) is 43.3 Å². The zero-order chi connectivity index (χ0) is 18.0. The second-order valence-corrected chi connectivity index (χ2v) is 6.41. The van der Waals surface area contributed by atoms with Crippen molar-refractivity contribution in [2.75, 3.05) is 23.0 Å². The maximum absolute atomic E-state index is 12.7. The van der Waals surface area contributed by atoms with Crippen LogP contribution in [0, 0.1) is 0 Å². The number of benzene rings is 2. The minimum atomic E-state index is -0.155. The highest BCUT2D eigenvalue weighted by Gasteiger charge is 2.33. The molecule has 2 aromatic rings. The van der Waals surface area contributed by atoms with E-state index < -0.39 is 0 Å². The Morgan fingerprint density at radius 3 is 2.40 bits per heavy atom. The van der Waals surface area contributed by atoms with Gasteiger partial charge in [0.2, 0.25) is 5.91 Å². The molecule has 0 saturated carbocycles. The highest BCUT2D eigenvalue weighted by molar-refractivity contribution is 6.30. The zero-order valence-corrected chi connectivity index (χ0v) is 14.9. The van der Waals surface area contributed by atoms with Gasteiger partial charge in [-0.3, -0.25) is 9.59 Å². The molecule has 0 radical (unpaired) electrons. The fourth-order valence-corrected chi connectivity index (χ4v) is 3.17. The minimum Gasteiger partial charge on any atom is -0.484 e. The molecule has 1 atom stereocenters. The molecule has 2 amide bonds. The van der Waals surface area contributed by atoms with E-state index >= 15 is 0 Å². The second-order valence-electron chi connectivity index (χ2n) is 5.97. The smallest absolute Gasteiger partial charge is 0.265 e. The summed E-state index contributed by atoms with van der Waals surface area (Å²) in [7, 11) is 0. The SMILES string of the molecule is CC(=O)N1c2ccccc2N(C(=O)COc2ccc(Cl)cc2)C[C@@H]1C. The molecular formula is C19H19ClN2O3. The van der Waals surface area contributed by atoms with Crippen molar-refractivity contribution in [2.45, 2.75) is 19.9 Å². The average molecular weight is 359 g/mol. The number of carbonyl (C=O) groups excluding carboxylic acids is 2. The first kappa shape index (κ1) is 17.3. The summed E-state index contributed by atoms with van der Waals surface area (Å²) in [6.07, 6.45) is 0. The van der Waals surface area contributed by atoms with Crippen LogP contribution in [0.15, 0.2) is 48.5 Å². The third-order valence-corrected chi connectivity index (χ3v) is 4.39. The van der Waals surface area contributed by atoms with Crippen LogP contribution in [0.2, 0.25) is 5.02 Å². The van der Waals surface area contributed by atoms with Gasteiger partial charge >= 0.3 is 0 Å². The van der Waals surface area contributed by atoms with Crippen molar-refractivity contribution >= 4 is 34.8 Å². The Kier molecular flexibility index (Phi) is 4.95. The lowest BCUT2D eigenvalue weighted by molar-refractivity contribution is -0.121. The van der Waals surface area contributed by atoms with Gasteiger partial charge in [-0.25, -0.2) is 0 Å². The van der Waals surface area contributed by atoms with Gasteiger partial charge in [0, 0.05) is 18.5 Å². The number of amides is 2. The van der Waals surface area contributed by atoms with Gasteiger partial charge in [0.15, 0.2) is 6.61 Å². The first-order valence-electron chi connectivity index (χ1n) is 8.05. The summed E-state index contributed by atoms with van der Waals surface area (Å²) >= 11 is 5.84. The van der Waals surface area contributed by atoms with Crippen LogP contribution in [0.1, 0.15) is 13.8 Å². The Morgan fingerprint density at radius 2 is 1.76 bits per heavy atom. The van der Waals surface area contributed by atoms with Crippen molar-refractivity contribution in [2.24, 2.45) is 0 Å². The molecule has 0 aliphatic carbocycles. The van der Waals surface area contributed by atoms with Crippen LogP contribution < -0.4 is 14.5 Å². The average Bonchev–Trinajstić information content (AvgIpc) is 2.59. The fraction of sp³-hybridized carbons (Fsp3) is 0.263. The number of anilines is 2. The summed E-state index contributed by atoms with van der Waals surface area (Å²) in [5.74, 6) is 0.392. The molecule has 0 spiro atoms. The van der Waals surface area contributed by atoms with Gasteiger partial charge in [-0.1, -0.05) is 23.7 Å². The Labute approximate surface area is 151 Å². The van der Waals surface area contributed by atoms with E-state index in [4.69, 9.17) is 16.3 Å². The lowest BCUT2D eigenvalue weighted by Crippen LogP contribution is -2.52. The summed E-state index contributed by atoms with van der Waals surface area (Å²) in [5.41, 5.74) is 1.47. The van der Waals surface area contributed by atoms with Crippen molar-refractivity contribution in [3.8, 4) is 5.75 Å². The Balaban J connectivity index is 1.79. The van der Waals surface area contributed by atoms with Crippen molar-refractivity contribution in [3.05, 3.63) is 53.6 Å². The Bertz CT molecular complexity index is 792. The third kappa shape index (κ3) is 3.61. The van der Waals surface area contributed by atoms with E-state index in [2.05, 4.69) is 0 Å². The highest BCUT2D eigenvalue weighted by atomic mass is 35.5. The molecule has 6 heteroatoms. The number of nitrogens with zero attached hydrogens (tertiary/aromatic N) is 2. The molecule has 1 aliphatic rings. The van der Waals surface area contributed by atoms with Gasteiger partial charge in [0.1, 0.15) is 5.75 Å². The molecule has 25 heavy (non-hydrogen) atoms. The van der Waals surface area contributed by atoms with Crippen molar-refractivity contribution in [1.82, 2.24) is 0 Å². The number of halogens is 1. The maximum atomic E-state index is 12.7. The molecule has 130 valence electrons. The summed E-state index contributed by atoms with van der Waals surface area (Å²) < 4.78 is 5.57. The minimum absolute atomic E-state index is 0.0375. The maximum Gasteiger partial charge on any atom is 0.265 e. The van der Waals surface area contributed by atoms with Crippen molar-refractivity contribution in [3.63, 3.8) is 0 Å². The molecule has 0 unspecified atom stereocenters. The number of fused-ring (bicyclic) bond motifs is 1. The Morgan fingerprint density at radius 1 is 1.12 bits per heavy atom. The Hall–Kier alpha value is -2.53. The van der Waals surface area contributed by atoms with Crippen molar-refractivity contribution in [1.29, 1.82) is 0 Å². The van der Waals surface area contributed by atoms with Gasteiger partial charge < -0.3 is 14.5 Å². The number of hydrogen-bond donors (Lipinski definition) is 0. The lowest BCUT2D eigenvalue weighted by atomic mass is 10.1. The topological polar surface area (TPSA) is 49.9 Å². The van der Waals surface area contributed by atoms with Gasteiger partial charge in [-0.2, -0.15) is 0 Å². The molecule has 1 aliphatic heterocycles. The molecule has 0 bridgehead atoms. The largest absolute Gasteiger partial charge is 0.484 e. The van der Waals surface area contributed by atoms with E-state index in [0.29, 0.717) is 17.3 Å². The molecule has 0 fully saturated rings. The van der Waals surface area contributed by atoms with Crippen LogP contribution in [0.5, 0.6) is 5.75 Å². The predicted molar refractivity (Wildman–Crippen MR) is 98.4 cm³/mol. The van der Waals surface area contributed by atoms with E-state index in [1.165, 1.54) is 6.92 Å². The number of rotatable bonds is 3. The normalized spacial score (nSPS) is 16.4. The number of hydrogen-bond acceptors (Lipinski definition) is 3. The summed E-state index contributed by atoms with van der Waals surface area (Å²) in [6.45, 7) is 3.81. The van der Waals surface area contributed by atoms with E-state index in [-0.39, 0.29) is 24.5 Å². The molecule has 0 N–H and O–H groups in total. The zero-order valence-electron chi connectivity index (χ0n) is 14.1. The van der Waals surface area contributed by atoms with E-state index in [1.54, 1.807) is 34.1 Å². The molecular weight excluding hydrogens is 340 g/mol. The van der Waals surface area contributed by atoms with E-state index in [9.17, 15) is 9.59 Å². The molecule has 5 nitrogen and oxygen atoms in total. The standard InChI is InChI=1S/C19H19ClN2O3/c1-13-11-21(17-5-3-4-6-18(17)22(13)14(2)23)19(24)12-25-16-9-7-15(20)8-10-16/h3-10,13H,11-12H2,1-2H3/t13-/m0/s1. The molecule has 1 heterocycles.